The Labute approximate surface area is 170 Å². The third-order valence-electron chi connectivity index (χ3n) is 5.67. The molecule has 1 atom stereocenters. The molecule has 0 fully saturated rings. The number of methoxy groups -OCH3 is 1. The van der Waals surface area contributed by atoms with Gasteiger partial charge in [0.2, 0.25) is 5.88 Å². The number of fused-ring (bicyclic) bond motifs is 2. The molecule has 1 aromatic heterocycles. The van der Waals surface area contributed by atoms with Gasteiger partial charge in [-0.2, -0.15) is 0 Å². The monoisotopic (exact) mass is 394 g/mol. The van der Waals surface area contributed by atoms with Crippen molar-refractivity contribution in [2.75, 3.05) is 19.5 Å². The maximum atomic E-state index is 12.9. The van der Waals surface area contributed by atoms with Crippen LogP contribution in [0.2, 0.25) is 0 Å². The van der Waals surface area contributed by atoms with Gasteiger partial charge >= 0.3 is 5.97 Å². The van der Waals surface area contributed by atoms with Crippen LogP contribution < -0.4 is 15.2 Å². The Morgan fingerprint density at radius 1 is 1.24 bits per heavy atom. The summed E-state index contributed by atoms with van der Waals surface area (Å²) in [6.45, 7) is 3.86. The highest BCUT2D eigenvalue weighted by atomic mass is 16.5. The summed E-state index contributed by atoms with van der Waals surface area (Å²) in [4.78, 5) is 17.7. The van der Waals surface area contributed by atoms with Gasteiger partial charge in [0.05, 0.1) is 30.8 Å². The molecule has 0 unspecified atom stereocenters. The molecule has 0 saturated heterocycles. The van der Waals surface area contributed by atoms with Crippen molar-refractivity contribution in [1.82, 2.24) is 4.98 Å². The summed E-state index contributed by atoms with van der Waals surface area (Å²) in [5.41, 5.74) is 11.6. The van der Waals surface area contributed by atoms with Gasteiger partial charge in [0.15, 0.2) is 0 Å². The Balaban J connectivity index is 1.93. The minimum atomic E-state index is -0.400. The number of aromatic nitrogens is 1. The number of nitrogens with two attached hydrogens (primary N) is 1. The molecule has 1 aromatic carbocycles. The number of pyridine rings is 1. The second-order valence-electron chi connectivity index (χ2n) is 7.38. The number of aryl methyl sites for hydroxylation is 1. The molecule has 2 aliphatic rings. The fraction of sp³-hybridized carbons (Fsp3) is 0.391. The number of nitrogen functional groups attached to an aromatic ring is 1. The lowest BCUT2D eigenvalue weighted by atomic mass is 9.80. The van der Waals surface area contributed by atoms with Gasteiger partial charge in [0.1, 0.15) is 11.5 Å². The molecule has 0 radical (unpaired) electrons. The number of hydrogen-bond acceptors (Lipinski definition) is 6. The first-order chi connectivity index (χ1) is 14.0. The molecule has 0 spiro atoms. The van der Waals surface area contributed by atoms with Crippen molar-refractivity contribution in [3.8, 4) is 11.6 Å². The molecule has 2 aromatic rings. The van der Waals surface area contributed by atoms with E-state index in [1.807, 2.05) is 24.3 Å². The van der Waals surface area contributed by atoms with Crippen molar-refractivity contribution in [2.24, 2.45) is 0 Å². The van der Waals surface area contributed by atoms with E-state index in [2.05, 4.69) is 0 Å². The van der Waals surface area contributed by atoms with E-state index in [1.54, 1.807) is 21.0 Å². The fourth-order valence-electron chi connectivity index (χ4n) is 4.27. The SMILES string of the molecule is CCOC(=O)C1=C(C)Oc2nc3c(c(N)c2[C@H]1c1ccc(OC)cc1)CCCC3. The van der Waals surface area contributed by atoms with Gasteiger partial charge in [-0.05, 0) is 62.8 Å². The normalized spacial score (nSPS) is 17.8. The quantitative estimate of drug-likeness (QED) is 0.792. The van der Waals surface area contributed by atoms with E-state index in [4.69, 9.17) is 24.9 Å². The van der Waals surface area contributed by atoms with Gasteiger partial charge in [-0.1, -0.05) is 12.1 Å². The predicted molar refractivity (Wildman–Crippen MR) is 110 cm³/mol. The molecule has 152 valence electrons. The van der Waals surface area contributed by atoms with Gasteiger partial charge in [0.25, 0.3) is 0 Å². The lowest BCUT2D eigenvalue weighted by Crippen LogP contribution is -2.26. The van der Waals surface area contributed by atoms with Crippen molar-refractivity contribution in [1.29, 1.82) is 0 Å². The third-order valence-corrected chi connectivity index (χ3v) is 5.67. The van der Waals surface area contributed by atoms with Crippen LogP contribution in [-0.2, 0) is 22.4 Å². The predicted octanol–water partition coefficient (Wildman–Crippen LogP) is 3.91. The van der Waals surface area contributed by atoms with Gasteiger partial charge in [0, 0.05) is 11.4 Å². The number of nitrogens with zero attached hydrogens (tertiary/aromatic N) is 1. The molecule has 0 amide bonds. The molecular formula is C23H26N2O4. The molecule has 1 aliphatic carbocycles. The highest BCUT2D eigenvalue weighted by Crippen LogP contribution is 2.48. The Hall–Kier alpha value is -3.02. The van der Waals surface area contributed by atoms with Crippen molar-refractivity contribution < 1.29 is 19.0 Å². The number of benzene rings is 1. The van der Waals surface area contributed by atoms with Crippen LogP contribution in [0.1, 0.15) is 55.0 Å². The Bertz CT molecular complexity index is 979. The van der Waals surface area contributed by atoms with E-state index in [9.17, 15) is 4.79 Å². The first-order valence-corrected chi connectivity index (χ1v) is 10.1. The lowest BCUT2D eigenvalue weighted by molar-refractivity contribution is -0.139. The molecule has 4 rings (SSSR count). The second kappa shape index (κ2) is 7.78. The molecule has 0 saturated carbocycles. The fourth-order valence-corrected chi connectivity index (χ4v) is 4.27. The summed E-state index contributed by atoms with van der Waals surface area (Å²) >= 11 is 0. The average molecular weight is 394 g/mol. The van der Waals surface area contributed by atoms with Gasteiger partial charge < -0.3 is 19.9 Å². The second-order valence-corrected chi connectivity index (χ2v) is 7.38. The summed E-state index contributed by atoms with van der Waals surface area (Å²) in [5.74, 6) is 0.946. The Morgan fingerprint density at radius 3 is 2.66 bits per heavy atom. The molecule has 6 nitrogen and oxygen atoms in total. The van der Waals surface area contributed by atoms with Crippen molar-refractivity contribution in [3.05, 3.63) is 58.0 Å². The van der Waals surface area contributed by atoms with Crippen LogP contribution >= 0.6 is 0 Å². The van der Waals surface area contributed by atoms with Crippen LogP contribution in [0.25, 0.3) is 0 Å². The van der Waals surface area contributed by atoms with E-state index in [0.29, 0.717) is 22.9 Å². The number of esters is 1. The molecule has 6 heteroatoms. The number of ether oxygens (including phenoxy) is 3. The van der Waals surface area contributed by atoms with Crippen LogP contribution in [0, 0.1) is 0 Å². The number of carbonyl (C=O) groups excluding carboxylic acids is 1. The number of anilines is 1. The summed E-state index contributed by atoms with van der Waals surface area (Å²) in [5, 5.41) is 0. The zero-order chi connectivity index (χ0) is 20.5. The van der Waals surface area contributed by atoms with E-state index >= 15 is 0 Å². The molecule has 2 heterocycles. The van der Waals surface area contributed by atoms with Gasteiger partial charge in [-0.15, -0.1) is 0 Å². The van der Waals surface area contributed by atoms with Crippen LogP contribution in [0.15, 0.2) is 35.6 Å². The van der Waals surface area contributed by atoms with E-state index < -0.39 is 11.9 Å². The topological polar surface area (TPSA) is 83.7 Å². The Kier molecular flexibility index (Phi) is 5.18. The molecule has 1 aliphatic heterocycles. The molecule has 0 bridgehead atoms. The first-order valence-electron chi connectivity index (χ1n) is 10.1. The van der Waals surface area contributed by atoms with E-state index in [0.717, 1.165) is 53.8 Å². The zero-order valence-corrected chi connectivity index (χ0v) is 17.1. The van der Waals surface area contributed by atoms with Crippen molar-refractivity contribution in [3.63, 3.8) is 0 Å². The number of allylic oxidation sites excluding steroid dienone is 1. The van der Waals surface area contributed by atoms with E-state index in [1.165, 1.54) is 0 Å². The highest BCUT2D eigenvalue weighted by Gasteiger charge is 2.38. The maximum Gasteiger partial charge on any atom is 0.338 e. The Morgan fingerprint density at radius 2 is 1.97 bits per heavy atom. The first kappa shape index (κ1) is 19.3. The largest absolute Gasteiger partial charge is 0.497 e. The van der Waals surface area contributed by atoms with Crippen LogP contribution in [0.5, 0.6) is 11.6 Å². The standard InChI is InChI=1S/C23H26N2O4/c1-4-28-23(26)18-13(2)29-22-20(19(18)14-9-11-15(27-3)12-10-14)21(24)16-7-5-6-8-17(16)25-22/h9-12,19H,4-8H2,1-3H3,(H2,24,25)/t19-/m0/s1. The molecular weight excluding hydrogens is 368 g/mol. The minimum absolute atomic E-state index is 0.287. The number of carbonyl (C=O) groups is 1. The molecule has 29 heavy (non-hydrogen) atoms. The number of rotatable bonds is 4. The lowest BCUT2D eigenvalue weighted by Gasteiger charge is -2.31. The summed E-state index contributed by atoms with van der Waals surface area (Å²) < 4.78 is 16.7. The van der Waals surface area contributed by atoms with Gasteiger partial charge in [-0.25, -0.2) is 9.78 Å². The van der Waals surface area contributed by atoms with Crippen LogP contribution in [0.3, 0.4) is 0 Å². The smallest absolute Gasteiger partial charge is 0.338 e. The number of hydrogen-bond donors (Lipinski definition) is 1. The summed E-state index contributed by atoms with van der Waals surface area (Å²) in [6, 6.07) is 7.66. The summed E-state index contributed by atoms with van der Waals surface area (Å²) in [6.07, 6.45) is 3.99. The van der Waals surface area contributed by atoms with Crippen molar-refractivity contribution >= 4 is 11.7 Å². The van der Waals surface area contributed by atoms with E-state index in [-0.39, 0.29) is 6.61 Å². The molecule has 2 N–H and O–H groups in total. The highest BCUT2D eigenvalue weighted by molar-refractivity contribution is 5.93. The average Bonchev–Trinajstić information content (AvgIpc) is 2.73. The maximum absolute atomic E-state index is 12.9. The van der Waals surface area contributed by atoms with Gasteiger partial charge in [-0.3, -0.25) is 0 Å². The van der Waals surface area contributed by atoms with Crippen LogP contribution in [-0.4, -0.2) is 24.7 Å². The van der Waals surface area contributed by atoms with Crippen LogP contribution in [0.4, 0.5) is 5.69 Å². The minimum Gasteiger partial charge on any atom is -0.497 e. The summed E-state index contributed by atoms with van der Waals surface area (Å²) in [7, 11) is 1.63. The zero-order valence-electron chi connectivity index (χ0n) is 17.1. The third kappa shape index (κ3) is 3.33. The van der Waals surface area contributed by atoms with Crippen molar-refractivity contribution in [2.45, 2.75) is 45.4 Å².